The third kappa shape index (κ3) is 4.05. The van der Waals surface area contributed by atoms with E-state index in [0.717, 1.165) is 0 Å². The molecule has 0 aromatic heterocycles. The fourth-order valence-corrected chi connectivity index (χ4v) is 2.17. The topological polar surface area (TPSA) is 26.3 Å². The van der Waals surface area contributed by atoms with Crippen molar-refractivity contribution in [1.82, 2.24) is 0 Å². The van der Waals surface area contributed by atoms with Crippen LogP contribution in [-0.2, 0) is 6.42 Å². The van der Waals surface area contributed by atoms with E-state index >= 15 is 0 Å². The third-order valence-corrected chi connectivity index (χ3v) is 3.33. The van der Waals surface area contributed by atoms with Crippen molar-refractivity contribution in [3.63, 3.8) is 0 Å². The molecule has 0 amide bonds. The summed E-state index contributed by atoms with van der Waals surface area (Å²) in [6.07, 6.45) is 0.0925. The number of carbonyl (C=O) groups is 1. The minimum absolute atomic E-state index is 0.000403. The summed E-state index contributed by atoms with van der Waals surface area (Å²) in [5.74, 6) is -0.00301. The zero-order valence-electron chi connectivity index (χ0n) is 11.9. The standard InChI is InChI=1S/C17H16ClFO2/c1-11(2)21-14-7-3-5-12(9-14)16(20)10-13-6-4-8-15(19)17(13)18/h3-9,11H,10H2,1-2H3. The number of halogens is 2. The largest absolute Gasteiger partial charge is 0.491 e. The second-order valence-corrected chi connectivity index (χ2v) is 5.39. The van der Waals surface area contributed by atoms with E-state index in [4.69, 9.17) is 16.3 Å². The lowest BCUT2D eigenvalue weighted by Crippen LogP contribution is -2.08. The molecule has 0 radical (unpaired) electrons. The highest BCUT2D eigenvalue weighted by atomic mass is 35.5. The number of Topliss-reactive ketones (excluding diaryl/α,β-unsaturated/α-hetero) is 1. The number of carbonyl (C=O) groups excluding carboxylic acids is 1. The van der Waals surface area contributed by atoms with Crippen molar-refractivity contribution in [2.45, 2.75) is 26.4 Å². The molecule has 0 bridgehead atoms. The van der Waals surface area contributed by atoms with Crippen LogP contribution in [0, 0.1) is 5.82 Å². The van der Waals surface area contributed by atoms with Crippen LogP contribution in [0.4, 0.5) is 4.39 Å². The molecule has 0 spiro atoms. The molecular weight excluding hydrogens is 291 g/mol. The maximum atomic E-state index is 13.4. The molecule has 0 aliphatic carbocycles. The van der Waals surface area contributed by atoms with Crippen LogP contribution in [0.3, 0.4) is 0 Å². The first-order valence-corrected chi connectivity index (χ1v) is 7.08. The molecule has 21 heavy (non-hydrogen) atoms. The second-order valence-electron chi connectivity index (χ2n) is 5.01. The molecule has 0 fully saturated rings. The van der Waals surface area contributed by atoms with Crippen molar-refractivity contribution in [2.75, 3.05) is 0 Å². The summed E-state index contributed by atoms with van der Waals surface area (Å²) in [6, 6.07) is 11.4. The van der Waals surface area contributed by atoms with Crippen LogP contribution in [0.5, 0.6) is 5.75 Å². The first-order chi connectivity index (χ1) is 9.97. The highest BCUT2D eigenvalue weighted by Gasteiger charge is 2.13. The Bertz CT molecular complexity index is 653. The van der Waals surface area contributed by atoms with Gasteiger partial charge in [0, 0.05) is 12.0 Å². The van der Waals surface area contributed by atoms with E-state index in [2.05, 4.69) is 0 Å². The second kappa shape index (κ2) is 6.72. The van der Waals surface area contributed by atoms with Gasteiger partial charge in [0.1, 0.15) is 11.6 Å². The number of ether oxygens (including phenoxy) is 1. The molecule has 0 unspecified atom stereocenters. The molecule has 2 aromatic carbocycles. The summed E-state index contributed by atoms with van der Waals surface area (Å²) in [7, 11) is 0. The molecule has 110 valence electrons. The Morgan fingerprint density at radius 2 is 1.95 bits per heavy atom. The van der Waals surface area contributed by atoms with E-state index in [9.17, 15) is 9.18 Å². The van der Waals surface area contributed by atoms with Gasteiger partial charge in [-0.25, -0.2) is 4.39 Å². The van der Waals surface area contributed by atoms with Crippen molar-refractivity contribution in [1.29, 1.82) is 0 Å². The van der Waals surface area contributed by atoms with Gasteiger partial charge in [0.15, 0.2) is 5.78 Å². The number of benzene rings is 2. The summed E-state index contributed by atoms with van der Waals surface area (Å²) in [4.78, 5) is 12.3. The molecule has 0 aliphatic rings. The molecule has 0 heterocycles. The molecule has 2 aromatic rings. The summed E-state index contributed by atoms with van der Waals surface area (Å²) >= 11 is 5.87. The van der Waals surface area contributed by atoms with Gasteiger partial charge >= 0.3 is 0 Å². The number of hydrogen-bond acceptors (Lipinski definition) is 2. The monoisotopic (exact) mass is 306 g/mol. The lowest BCUT2D eigenvalue weighted by atomic mass is 10.0. The molecule has 2 rings (SSSR count). The minimum Gasteiger partial charge on any atom is -0.491 e. The van der Waals surface area contributed by atoms with Crippen LogP contribution in [0.25, 0.3) is 0 Å². The fourth-order valence-electron chi connectivity index (χ4n) is 1.98. The Morgan fingerprint density at radius 1 is 1.24 bits per heavy atom. The first kappa shape index (κ1) is 15.5. The zero-order valence-corrected chi connectivity index (χ0v) is 12.7. The minimum atomic E-state index is -0.515. The van der Waals surface area contributed by atoms with E-state index in [1.807, 2.05) is 13.8 Å². The van der Waals surface area contributed by atoms with Crippen molar-refractivity contribution >= 4 is 17.4 Å². The quantitative estimate of drug-likeness (QED) is 0.749. The molecule has 0 saturated carbocycles. The van der Waals surface area contributed by atoms with E-state index in [0.29, 0.717) is 16.9 Å². The molecule has 0 aliphatic heterocycles. The predicted molar refractivity (Wildman–Crippen MR) is 81.7 cm³/mol. The number of ketones is 1. The average molecular weight is 307 g/mol. The van der Waals surface area contributed by atoms with Gasteiger partial charge in [0.2, 0.25) is 0 Å². The molecule has 0 atom stereocenters. The normalized spacial score (nSPS) is 10.7. The molecule has 0 saturated heterocycles. The highest BCUT2D eigenvalue weighted by Crippen LogP contribution is 2.22. The SMILES string of the molecule is CC(C)Oc1cccc(C(=O)Cc2cccc(F)c2Cl)c1. The van der Waals surface area contributed by atoms with Gasteiger partial charge < -0.3 is 4.74 Å². The zero-order chi connectivity index (χ0) is 15.4. The Morgan fingerprint density at radius 3 is 2.67 bits per heavy atom. The predicted octanol–water partition coefficient (Wildman–Crippen LogP) is 4.69. The maximum Gasteiger partial charge on any atom is 0.167 e. The van der Waals surface area contributed by atoms with E-state index in [-0.39, 0.29) is 23.3 Å². The lowest BCUT2D eigenvalue weighted by Gasteiger charge is -2.11. The van der Waals surface area contributed by atoms with Crippen LogP contribution >= 0.6 is 11.6 Å². The van der Waals surface area contributed by atoms with Crippen molar-refractivity contribution < 1.29 is 13.9 Å². The van der Waals surface area contributed by atoms with Crippen LogP contribution < -0.4 is 4.74 Å². The van der Waals surface area contributed by atoms with Crippen LogP contribution in [0.1, 0.15) is 29.8 Å². The van der Waals surface area contributed by atoms with E-state index in [1.165, 1.54) is 6.07 Å². The Hall–Kier alpha value is -1.87. The molecule has 0 N–H and O–H groups in total. The van der Waals surface area contributed by atoms with E-state index in [1.54, 1.807) is 36.4 Å². The summed E-state index contributed by atoms with van der Waals surface area (Å²) in [5.41, 5.74) is 1.00. The van der Waals surface area contributed by atoms with Crippen LogP contribution in [-0.4, -0.2) is 11.9 Å². The number of rotatable bonds is 5. The molecule has 4 heteroatoms. The molecular formula is C17H16ClFO2. The summed E-state index contributed by atoms with van der Waals surface area (Å²) < 4.78 is 18.9. The van der Waals surface area contributed by atoms with Gasteiger partial charge in [-0.3, -0.25) is 4.79 Å². The van der Waals surface area contributed by atoms with Gasteiger partial charge in [0.25, 0.3) is 0 Å². The average Bonchev–Trinajstić information content (AvgIpc) is 2.43. The lowest BCUT2D eigenvalue weighted by molar-refractivity contribution is 0.0992. The van der Waals surface area contributed by atoms with Gasteiger partial charge in [0.05, 0.1) is 11.1 Å². The van der Waals surface area contributed by atoms with Gasteiger partial charge in [-0.1, -0.05) is 35.9 Å². The first-order valence-electron chi connectivity index (χ1n) is 6.70. The van der Waals surface area contributed by atoms with Crippen molar-refractivity contribution in [2.24, 2.45) is 0 Å². The van der Waals surface area contributed by atoms with E-state index < -0.39 is 5.82 Å². The summed E-state index contributed by atoms with van der Waals surface area (Å²) in [6.45, 7) is 3.84. The van der Waals surface area contributed by atoms with Crippen LogP contribution in [0.15, 0.2) is 42.5 Å². The Labute approximate surface area is 128 Å². The van der Waals surface area contributed by atoms with Gasteiger partial charge in [-0.05, 0) is 37.6 Å². The Kier molecular flexibility index (Phi) is 4.97. The van der Waals surface area contributed by atoms with Crippen molar-refractivity contribution in [3.8, 4) is 5.75 Å². The highest BCUT2D eigenvalue weighted by molar-refractivity contribution is 6.31. The number of hydrogen-bond donors (Lipinski definition) is 0. The van der Waals surface area contributed by atoms with Crippen molar-refractivity contribution in [3.05, 3.63) is 64.4 Å². The van der Waals surface area contributed by atoms with Gasteiger partial charge in [-0.2, -0.15) is 0 Å². The van der Waals surface area contributed by atoms with Gasteiger partial charge in [-0.15, -0.1) is 0 Å². The Balaban J connectivity index is 2.18. The maximum absolute atomic E-state index is 13.4. The summed E-state index contributed by atoms with van der Waals surface area (Å²) in [5, 5.41) is 0.000403. The molecule has 2 nitrogen and oxygen atoms in total. The fraction of sp³-hybridized carbons (Fsp3) is 0.235. The van der Waals surface area contributed by atoms with Crippen LogP contribution in [0.2, 0.25) is 5.02 Å². The third-order valence-electron chi connectivity index (χ3n) is 2.91. The smallest absolute Gasteiger partial charge is 0.167 e.